The minimum atomic E-state index is -0.212. The molecule has 3 aromatic rings. The van der Waals surface area contributed by atoms with Gasteiger partial charge in [-0.1, -0.05) is 42.5 Å². The summed E-state index contributed by atoms with van der Waals surface area (Å²) in [5.74, 6) is 1.09. The van der Waals surface area contributed by atoms with Crippen LogP contribution in [0.2, 0.25) is 0 Å². The van der Waals surface area contributed by atoms with Crippen LogP contribution >= 0.6 is 0 Å². The molecule has 2 N–H and O–H groups in total. The number of anilines is 1. The van der Waals surface area contributed by atoms with Crippen molar-refractivity contribution in [3.63, 3.8) is 0 Å². The van der Waals surface area contributed by atoms with Gasteiger partial charge in [0.1, 0.15) is 5.75 Å². The van der Waals surface area contributed by atoms with Gasteiger partial charge in [0, 0.05) is 30.9 Å². The van der Waals surface area contributed by atoms with E-state index in [1.807, 2.05) is 31.4 Å². The molecule has 154 valence electrons. The second-order valence-electron chi connectivity index (χ2n) is 7.62. The van der Waals surface area contributed by atoms with E-state index in [1.54, 1.807) is 19.2 Å². The van der Waals surface area contributed by atoms with Gasteiger partial charge in [-0.05, 0) is 42.5 Å². The van der Waals surface area contributed by atoms with E-state index in [-0.39, 0.29) is 11.3 Å². The van der Waals surface area contributed by atoms with E-state index in [2.05, 4.69) is 44.9 Å². The topological polar surface area (TPSA) is 76.1 Å². The van der Waals surface area contributed by atoms with E-state index in [9.17, 15) is 4.79 Å². The zero-order chi connectivity index (χ0) is 21.0. The molecule has 0 unspecified atom stereocenters. The van der Waals surface area contributed by atoms with Crippen molar-refractivity contribution in [2.24, 2.45) is 0 Å². The highest BCUT2D eigenvalue weighted by atomic mass is 16.5. The molecule has 0 saturated carbocycles. The average Bonchev–Trinajstić information content (AvgIpc) is 2.82. The molecule has 0 radical (unpaired) electrons. The van der Waals surface area contributed by atoms with Crippen molar-refractivity contribution in [2.45, 2.75) is 24.7 Å². The first kappa shape index (κ1) is 19.9. The maximum Gasteiger partial charge on any atom is 0.255 e. The Morgan fingerprint density at radius 2 is 1.90 bits per heavy atom. The third kappa shape index (κ3) is 3.85. The molecule has 0 saturated heterocycles. The van der Waals surface area contributed by atoms with E-state index in [1.165, 1.54) is 5.56 Å². The van der Waals surface area contributed by atoms with Crippen LogP contribution < -0.4 is 15.4 Å². The highest BCUT2D eigenvalue weighted by Crippen LogP contribution is 2.38. The highest BCUT2D eigenvalue weighted by molar-refractivity contribution is 5.97. The van der Waals surface area contributed by atoms with Gasteiger partial charge in [-0.3, -0.25) is 4.79 Å². The minimum Gasteiger partial charge on any atom is -0.496 e. The van der Waals surface area contributed by atoms with E-state index in [0.29, 0.717) is 23.8 Å². The van der Waals surface area contributed by atoms with Gasteiger partial charge < -0.3 is 15.4 Å². The smallest absolute Gasteiger partial charge is 0.255 e. The number of carbonyl (C=O) groups excluding carboxylic acids is 1. The Labute approximate surface area is 176 Å². The van der Waals surface area contributed by atoms with Crippen molar-refractivity contribution in [1.82, 2.24) is 15.3 Å². The lowest BCUT2D eigenvalue weighted by Crippen LogP contribution is -2.45. The van der Waals surface area contributed by atoms with Gasteiger partial charge in [-0.2, -0.15) is 0 Å². The number of para-hydroxylation sites is 1. The van der Waals surface area contributed by atoms with E-state index >= 15 is 0 Å². The Balaban J connectivity index is 1.62. The molecular weight excluding hydrogens is 376 g/mol. The summed E-state index contributed by atoms with van der Waals surface area (Å²) in [5.41, 5.74) is 3.76. The first-order valence-electron chi connectivity index (χ1n) is 10.1. The number of amides is 1. The molecule has 0 fully saturated rings. The Morgan fingerprint density at radius 1 is 1.13 bits per heavy atom. The number of ether oxygens (including phenoxy) is 1. The van der Waals surface area contributed by atoms with Crippen LogP contribution in [0.5, 0.6) is 5.75 Å². The number of fused-ring (bicyclic) bond motifs is 1. The number of rotatable bonds is 6. The van der Waals surface area contributed by atoms with Crippen molar-refractivity contribution >= 4 is 11.9 Å². The van der Waals surface area contributed by atoms with Gasteiger partial charge in [-0.15, -0.1) is 0 Å². The van der Waals surface area contributed by atoms with Crippen LogP contribution in [-0.4, -0.2) is 36.6 Å². The van der Waals surface area contributed by atoms with Gasteiger partial charge in [0.15, 0.2) is 0 Å². The predicted octanol–water partition coefficient (Wildman–Crippen LogP) is 3.38. The Bertz CT molecular complexity index is 1040. The molecule has 30 heavy (non-hydrogen) atoms. The molecule has 6 nitrogen and oxygen atoms in total. The number of benzene rings is 2. The number of hydrogen-bond donors (Lipinski definition) is 2. The summed E-state index contributed by atoms with van der Waals surface area (Å²) in [6, 6.07) is 17.7. The summed E-state index contributed by atoms with van der Waals surface area (Å²) in [6.07, 6.45) is 4.43. The number of aryl methyl sites for hydroxylation is 1. The predicted molar refractivity (Wildman–Crippen MR) is 117 cm³/mol. The van der Waals surface area contributed by atoms with Crippen molar-refractivity contribution in [1.29, 1.82) is 0 Å². The third-order valence-corrected chi connectivity index (χ3v) is 5.87. The van der Waals surface area contributed by atoms with E-state index in [0.717, 1.165) is 30.5 Å². The van der Waals surface area contributed by atoms with E-state index in [4.69, 9.17) is 4.74 Å². The number of nitrogens with zero attached hydrogens (tertiary/aromatic N) is 2. The summed E-state index contributed by atoms with van der Waals surface area (Å²) in [6.45, 7) is 0.529. The van der Waals surface area contributed by atoms with Gasteiger partial charge in [0.2, 0.25) is 5.95 Å². The molecule has 1 heterocycles. The summed E-state index contributed by atoms with van der Waals surface area (Å²) in [7, 11) is 3.40. The molecular formula is C24H26N4O2. The maximum absolute atomic E-state index is 12.9. The third-order valence-electron chi connectivity index (χ3n) is 5.87. The molecule has 1 aliphatic carbocycles. The van der Waals surface area contributed by atoms with Crippen LogP contribution in [-0.2, 0) is 18.3 Å². The highest BCUT2D eigenvalue weighted by Gasteiger charge is 2.37. The molecule has 1 atom stereocenters. The SMILES string of the molecule is CNc1ncc2c(n1)CC[C@@](CNC(=O)c1ccccc1OC)(c1ccccc1)C2. The molecule has 1 amide bonds. The largest absolute Gasteiger partial charge is 0.496 e. The lowest BCUT2D eigenvalue weighted by Gasteiger charge is -2.38. The number of methoxy groups -OCH3 is 1. The Hall–Kier alpha value is -3.41. The first-order chi connectivity index (χ1) is 14.6. The van der Waals surface area contributed by atoms with Gasteiger partial charge in [0.05, 0.1) is 12.7 Å². The number of nitrogens with one attached hydrogen (secondary N) is 2. The standard InChI is InChI=1S/C24H26N4O2/c1-25-23-26-15-17-14-24(13-12-20(17)28-23,18-8-4-3-5-9-18)16-27-22(29)19-10-6-7-11-21(19)30-2/h3-11,15H,12-14,16H2,1-2H3,(H,27,29)(H,25,26,28)/t24-/m1/s1. The van der Waals surface area contributed by atoms with Gasteiger partial charge in [0.25, 0.3) is 5.91 Å². The normalized spacial score (nSPS) is 17.7. The summed E-state index contributed by atoms with van der Waals surface area (Å²) in [5, 5.41) is 6.17. The van der Waals surface area contributed by atoms with Gasteiger partial charge >= 0.3 is 0 Å². The number of carbonyl (C=O) groups is 1. The number of aromatic nitrogens is 2. The minimum absolute atomic E-state index is 0.129. The lowest BCUT2D eigenvalue weighted by molar-refractivity contribution is 0.0937. The molecule has 0 spiro atoms. The second-order valence-corrected chi connectivity index (χ2v) is 7.62. The molecule has 4 rings (SSSR count). The summed E-state index contributed by atoms with van der Waals surface area (Å²) in [4.78, 5) is 22.0. The quantitative estimate of drug-likeness (QED) is 0.661. The zero-order valence-electron chi connectivity index (χ0n) is 17.3. The summed E-state index contributed by atoms with van der Waals surface area (Å²) >= 11 is 0. The van der Waals surface area contributed by atoms with Crippen molar-refractivity contribution in [3.05, 3.63) is 83.2 Å². The molecule has 6 heteroatoms. The fourth-order valence-electron chi connectivity index (χ4n) is 4.21. The van der Waals surface area contributed by atoms with Crippen LogP contribution in [0.15, 0.2) is 60.8 Å². The molecule has 1 aliphatic rings. The monoisotopic (exact) mass is 402 g/mol. The van der Waals surface area contributed by atoms with Crippen LogP contribution in [0.4, 0.5) is 5.95 Å². The lowest BCUT2D eigenvalue weighted by atomic mass is 9.68. The first-order valence-corrected chi connectivity index (χ1v) is 10.1. The fourth-order valence-corrected chi connectivity index (χ4v) is 4.21. The average molecular weight is 402 g/mol. The van der Waals surface area contributed by atoms with Crippen molar-refractivity contribution in [3.8, 4) is 5.75 Å². The van der Waals surface area contributed by atoms with Crippen molar-refractivity contribution < 1.29 is 9.53 Å². The molecule has 0 bridgehead atoms. The Morgan fingerprint density at radius 3 is 2.67 bits per heavy atom. The van der Waals surface area contributed by atoms with Gasteiger partial charge in [-0.25, -0.2) is 9.97 Å². The molecule has 2 aromatic carbocycles. The zero-order valence-corrected chi connectivity index (χ0v) is 17.3. The van der Waals surface area contributed by atoms with Crippen LogP contribution in [0, 0.1) is 0 Å². The Kier molecular flexibility index (Phi) is 5.65. The molecule has 1 aromatic heterocycles. The van der Waals surface area contributed by atoms with Crippen molar-refractivity contribution in [2.75, 3.05) is 26.0 Å². The van der Waals surface area contributed by atoms with Crippen LogP contribution in [0.1, 0.15) is 33.6 Å². The number of hydrogen-bond acceptors (Lipinski definition) is 5. The van der Waals surface area contributed by atoms with E-state index < -0.39 is 0 Å². The molecule has 0 aliphatic heterocycles. The van der Waals surface area contributed by atoms with Crippen LogP contribution in [0.25, 0.3) is 0 Å². The van der Waals surface area contributed by atoms with Crippen LogP contribution in [0.3, 0.4) is 0 Å². The fraction of sp³-hybridized carbons (Fsp3) is 0.292. The summed E-state index contributed by atoms with van der Waals surface area (Å²) < 4.78 is 5.35. The second kappa shape index (κ2) is 8.53. The maximum atomic E-state index is 12.9.